The van der Waals surface area contributed by atoms with E-state index in [1.165, 1.54) is 0 Å². The highest BCUT2D eigenvalue weighted by Gasteiger charge is 2.46. The number of aromatic nitrogens is 2. The molecule has 2 aliphatic heterocycles. The molecule has 0 bridgehead atoms. The zero-order chi connectivity index (χ0) is 18.9. The van der Waals surface area contributed by atoms with Gasteiger partial charge >= 0.3 is 6.09 Å². The molecular weight excluding hydrogens is 330 g/mol. The lowest BCUT2D eigenvalue weighted by Gasteiger charge is -2.37. The fraction of sp³-hybridized carbons (Fsp3) is 0.789. The average Bonchev–Trinajstić information content (AvgIpc) is 3.13. The number of nitrogens with one attached hydrogen (secondary N) is 1. The minimum absolute atomic E-state index is 0.0643. The zero-order valence-electron chi connectivity index (χ0n) is 16.8. The summed E-state index contributed by atoms with van der Waals surface area (Å²) in [7, 11) is 4.05. The third-order valence-electron chi connectivity index (χ3n) is 5.42. The molecule has 7 nitrogen and oxygen atoms in total. The van der Waals surface area contributed by atoms with Crippen LogP contribution in [0.15, 0.2) is 6.07 Å². The van der Waals surface area contributed by atoms with E-state index in [2.05, 4.69) is 46.8 Å². The Labute approximate surface area is 156 Å². The van der Waals surface area contributed by atoms with Gasteiger partial charge in [0.2, 0.25) is 0 Å². The smallest absolute Gasteiger partial charge is 0.410 e. The molecule has 1 aromatic rings. The summed E-state index contributed by atoms with van der Waals surface area (Å²) in [5.74, 6) is 0. The number of H-pyrrole nitrogens is 1. The van der Waals surface area contributed by atoms with Crippen LogP contribution in [0.5, 0.6) is 0 Å². The summed E-state index contributed by atoms with van der Waals surface area (Å²) in [6.45, 7) is 11.6. The fourth-order valence-corrected chi connectivity index (χ4v) is 3.63. The van der Waals surface area contributed by atoms with Crippen molar-refractivity contribution in [3.05, 3.63) is 17.5 Å². The Bertz CT molecular complexity index is 626. The molecule has 0 unspecified atom stereocenters. The van der Waals surface area contributed by atoms with Crippen molar-refractivity contribution in [2.45, 2.75) is 51.2 Å². The number of hydrogen-bond acceptors (Lipinski definition) is 5. The lowest BCUT2D eigenvalue weighted by Crippen LogP contribution is -2.46. The number of nitrogens with zero attached hydrogens (tertiary/aromatic N) is 4. The molecule has 0 aliphatic carbocycles. The number of hydrogen-bond donors (Lipinski definition) is 1. The second kappa shape index (κ2) is 7.19. The molecule has 7 heteroatoms. The molecule has 0 aromatic carbocycles. The molecule has 146 valence electrons. The highest BCUT2D eigenvalue weighted by molar-refractivity contribution is 5.70. The number of ether oxygens (including phenoxy) is 1. The van der Waals surface area contributed by atoms with E-state index in [0.717, 1.165) is 63.5 Å². The Kier molecular flexibility index (Phi) is 5.30. The first kappa shape index (κ1) is 19.2. The van der Waals surface area contributed by atoms with E-state index in [9.17, 15) is 4.79 Å². The highest BCUT2D eigenvalue weighted by atomic mass is 16.6. The fourth-order valence-electron chi connectivity index (χ4n) is 3.63. The summed E-state index contributed by atoms with van der Waals surface area (Å²) in [5, 5.41) is 7.62. The minimum atomic E-state index is -0.287. The first-order chi connectivity index (χ1) is 12.2. The van der Waals surface area contributed by atoms with Crippen LogP contribution in [0.2, 0.25) is 0 Å². The predicted octanol–water partition coefficient (Wildman–Crippen LogP) is 2.06. The highest BCUT2D eigenvalue weighted by Crippen LogP contribution is 2.33. The van der Waals surface area contributed by atoms with Gasteiger partial charge in [0.15, 0.2) is 0 Å². The molecule has 0 saturated carbocycles. The number of aromatic amines is 1. The number of likely N-dealkylation sites (N-methyl/N-ethyl adjacent to an activating group) is 1. The van der Waals surface area contributed by atoms with E-state index in [-0.39, 0.29) is 17.1 Å². The Hall–Kier alpha value is -1.60. The Morgan fingerprint density at radius 3 is 2.58 bits per heavy atom. The second-order valence-electron chi connectivity index (χ2n) is 9.08. The molecule has 2 aliphatic rings. The van der Waals surface area contributed by atoms with Crippen LogP contribution in [0, 0.1) is 0 Å². The summed E-state index contributed by atoms with van der Waals surface area (Å²) in [4.78, 5) is 18.6. The van der Waals surface area contributed by atoms with E-state index in [0.29, 0.717) is 0 Å². The molecule has 3 rings (SSSR count). The number of likely N-dealkylation sites (tertiary alicyclic amines) is 1. The van der Waals surface area contributed by atoms with E-state index in [1.807, 2.05) is 19.0 Å². The second-order valence-corrected chi connectivity index (χ2v) is 9.08. The molecule has 3 heterocycles. The lowest BCUT2D eigenvalue weighted by atomic mass is 9.91. The molecule has 2 saturated heterocycles. The Balaban J connectivity index is 1.51. The van der Waals surface area contributed by atoms with E-state index in [4.69, 9.17) is 4.74 Å². The van der Waals surface area contributed by atoms with Crippen molar-refractivity contribution in [3.63, 3.8) is 0 Å². The third kappa shape index (κ3) is 4.38. The van der Waals surface area contributed by atoms with Crippen LogP contribution < -0.4 is 0 Å². The van der Waals surface area contributed by atoms with Gasteiger partial charge in [-0.05, 0) is 20.2 Å². The summed E-state index contributed by atoms with van der Waals surface area (Å²) in [5.41, 5.74) is 2.03. The molecule has 26 heavy (non-hydrogen) atoms. The van der Waals surface area contributed by atoms with Crippen molar-refractivity contribution in [1.82, 2.24) is 24.9 Å². The SMILES string of the molecule is CN(C)CCN1CC2(CCN(Cc3cc(C(C)(C)C)n[nH]3)CC2)OC1=O. The average molecular weight is 364 g/mol. The van der Waals surface area contributed by atoms with Crippen molar-refractivity contribution in [2.24, 2.45) is 0 Å². The number of amides is 1. The van der Waals surface area contributed by atoms with Gasteiger partial charge in [0.05, 0.1) is 12.2 Å². The van der Waals surface area contributed by atoms with Gasteiger partial charge in [-0.25, -0.2) is 4.79 Å². The van der Waals surface area contributed by atoms with Gasteiger partial charge in [-0.3, -0.25) is 10.00 Å². The normalized spacial score (nSPS) is 21.0. The van der Waals surface area contributed by atoms with Crippen LogP contribution in [0.25, 0.3) is 0 Å². The van der Waals surface area contributed by atoms with Crippen LogP contribution in [-0.4, -0.2) is 83.4 Å². The quantitative estimate of drug-likeness (QED) is 0.867. The number of carbonyl (C=O) groups excluding carboxylic acids is 1. The minimum Gasteiger partial charge on any atom is -0.441 e. The van der Waals surface area contributed by atoms with E-state index in [1.54, 1.807) is 0 Å². The monoisotopic (exact) mass is 363 g/mol. The third-order valence-corrected chi connectivity index (χ3v) is 5.42. The number of piperidine rings is 1. The Morgan fingerprint density at radius 1 is 1.31 bits per heavy atom. The zero-order valence-corrected chi connectivity index (χ0v) is 16.8. The first-order valence-corrected chi connectivity index (χ1v) is 9.57. The summed E-state index contributed by atoms with van der Waals surface area (Å²) in [6, 6.07) is 2.17. The number of carbonyl (C=O) groups is 1. The molecule has 1 N–H and O–H groups in total. The van der Waals surface area contributed by atoms with E-state index < -0.39 is 0 Å². The van der Waals surface area contributed by atoms with Crippen molar-refractivity contribution < 1.29 is 9.53 Å². The Morgan fingerprint density at radius 2 is 2.00 bits per heavy atom. The maximum Gasteiger partial charge on any atom is 0.410 e. The van der Waals surface area contributed by atoms with Crippen LogP contribution >= 0.6 is 0 Å². The molecule has 1 spiro atoms. The van der Waals surface area contributed by atoms with Gasteiger partial charge in [0, 0.05) is 56.7 Å². The summed E-state index contributed by atoms with van der Waals surface area (Å²) >= 11 is 0. The van der Waals surface area contributed by atoms with Crippen LogP contribution in [0.1, 0.15) is 45.0 Å². The van der Waals surface area contributed by atoms with Crippen molar-refractivity contribution in [2.75, 3.05) is 46.8 Å². The van der Waals surface area contributed by atoms with Crippen LogP contribution in [0.4, 0.5) is 4.79 Å². The van der Waals surface area contributed by atoms with E-state index >= 15 is 0 Å². The van der Waals surface area contributed by atoms with Gasteiger partial charge in [0.1, 0.15) is 5.60 Å². The molecule has 1 amide bonds. The maximum atomic E-state index is 12.2. The van der Waals surface area contributed by atoms with Gasteiger partial charge in [-0.15, -0.1) is 0 Å². The van der Waals surface area contributed by atoms with Crippen molar-refractivity contribution >= 4 is 6.09 Å². The van der Waals surface area contributed by atoms with Gasteiger partial charge in [-0.2, -0.15) is 5.10 Å². The van der Waals surface area contributed by atoms with Gasteiger partial charge in [0.25, 0.3) is 0 Å². The summed E-state index contributed by atoms with van der Waals surface area (Å²) in [6.07, 6.45) is 1.65. The van der Waals surface area contributed by atoms with Crippen LogP contribution in [0.3, 0.4) is 0 Å². The standard InChI is InChI=1S/C19H33N5O2/c1-18(2,3)16-12-15(20-21-16)13-23-8-6-19(7-9-23)14-24(17(25)26-19)11-10-22(4)5/h12H,6-11,13-14H2,1-5H3,(H,20,21). The first-order valence-electron chi connectivity index (χ1n) is 9.57. The molecule has 0 radical (unpaired) electrons. The van der Waals surface area contributed by atoms with Crippen molar-refractivity contribution in [1.29, 1.82) is 0 Å². The molecule has 2 fully saturated rings. The molecule has 0 atom stereocenters. The largest absolute Gasteiger partial charge is 0.441 e. The molecular formula is C19H33N5O2. The van der Waals surface area contributed by atoms with Gasteiger partial charge < -0.3 is 14.5 Å². The van der Waals surface area contributed by atoms with Gasteiger partial charge in [-0.1, -0.05) is 20.8 Å². The topological polar surface area (TPSA) is 64.7 Å². The lowest BCUT2D eigenvalue weighted by molar-refractivity contribution is -0.00151. The predicted molar refractivity (Wildman–Crippen MR) is 101 cm³/mol. The van der Waals surface area contributed by atoms with Crippen LogP contribution in [-0.2, 0) is 16.7 Å². The molecule has 1 aromatic heterocycles. The number of rotatable bonds is 5. The summed E-state index contributed by atoms with van der Waals surface area (Å²) < 4.78 is 5.80. The van der Waals surface area contributed by atoms with Crippen molar-refractivity contribution in [3.8, 4) is 0 Å². The maximum absolute atomic E-state index is 12.2.